The molecule has 0 spiro atoms. The van der Waals surface area contributed by atoms with E-state index in [1.165, 1.54) is 19.1 Å². The molecule has 0 saturated carbocycles. The van der Waals surface area contributed by atoms with E-state index < -0.39 is 59.9 Å². The van der Waals surface area contributed by atoms with E-state index in [9.17, 15) is 34.5 Å². The highest BCUT2D eigenvalue weighted by Gasteiger charge is 2.32. The molecule has 1 rings (SSSR count). The van der Waals surface area contributed by atoms with Gasteiger partial charge >= 0.3 is 5.97 Å². The predicted octanol–water partition coefficient (Wildman–Crippen LogP) is -1.23. The topological polar surface area (TPSA) is 191 Å². The minimum Gasteiger partial charge on any atom is -0.508 e. The first-order chi connectivity index (χ1) is 15.4. The van der Waals surface area contributed by atoms with Gasteiger partial charge in [-0.3, -0.25) is 14.4 Å². The van der Waals surface area contributed by atoms with E-state index in [1.54, 1.807) is 26.0 Å². The maximum atomic E-state index is 13.0. The fourth-order valence-electron chi connectivity index (χ4n) is 2.80. The molecule has 5 atom stereocenters. The van der Waals surface area contributed by atoms with Crippen molar-refractivity contribution in [3.05, 3.63) is 29.8 Å². The van der Waals surface area contributed by atoms with Crippen molar-refractivity contribution in [2.75, 3.05) is 5.75 Å². The Morgan fingerprint density at radius 2 is 1.48 bits per heavy atom. The van der Waals surface area contributed by atoms with Crippen LogP contribution in [0.15, 0.2) is 24.3 Å². The van der Waals surface area contributed by atoms with Crippen molar-refractivity contribution in [3.8, 4) is 5.75 Å². The highest BCUT2D eigenvalue weighted by molar-refractivity contribution is 7.80. The molecule has 1 aromatic carbocycles. The number of hydrogen-bond donors (Lipinski definition) is 8. The predicted molar refractivity (Wildman–Crippen MR) is 124 cm³/mol. The zero-order valence-electron chi connectivity index (χ0n) is 18.7. The number of nitrogens with one attached hydrogen (secondary N) is 3. The van der Waals surface area contributed by atoms with Crippen LogP contribution in [-0.2, 0) is 25.6 Å². The molecule has 0 aliphatic rings. The van der Waals surface area contributed by atoms with Crippen LogP contribution in [0, 0.1) is 5.92 Å². The van der Waals surface area contributed by atoms with Gasteiger partial charge in [0.05, 0.1) is 6.10 Å². The van der Waals surface area contributed by atoms with Crippen molar-refractivity contribution >= 4 is 36.3 Å². The molecule has 1 aromatic rings. The normalized spacial score (nSPS) is 15.6. The molecular weight excluding hydrogens is 452 g/mol. The summed E-state index contributed by atoms with van der Waals surface area (Å²) in [7, 11) is 0. The lowest BCUT2D eigenvalue weighted by Crippen LogP contribution is -2.59. The van der Waals surface area contributed by atoms with Crippen LogP contribution in [0.25, 0.3) is 0 Å². The summed E-state index contributed by atoms with van der Waals surface area (Å²) < 4.78 is 0. The number of aliphatic hydroxyl groups is 1. The Morgan fingerprint density at radius 3 is 1.94 bits per heavy atom. The summed E-state index contributed by atoms with van der Waals surface area (Å²) >= 11 is 3.92. The molecule has 11 nitrogen and oxygen atoms in total. The smallest absolute Gasteiger partial charge is 0.327 e. The number of amides is 3. The van der Waals surface area contributed by atoms with Gasteiger partial charge < -0.3 is 37.0 Å². The van der Waals surface area contributed by atoms with Crippen LogP contribution in [0.2, 0.25) is 0 Å². The van der Waals surface area contributed by atoms with E-state index in [4.69, 9.17) is 5.73 Å². The first-order valence-corrected chi connectivity index (χ1v) is 11.0. The van der Waals surface area contributed by atoms with Crippen molar-refractivity contribution in [1.29, 1.82) is 0 Å². The lowest BCUT2D eigenvalue weighted by molar-refractivity contribution is -0.141. The van der Waals surface area contributed by atoms with Gasteiger partial charge in [0, 0.05) is 12.2 Å². The van der Waals surface area contributed by atoms with Crippen LogP contribution in [0.5, 0.6) is 5.75 Å². The molecule has 184 valence electrons. The second-order valence-electron chi connectivity index (χ2n) is 8.01. The summed E-state index contributed by atoms with van der Waals surface area (Å²) in [6.45, 7) is 4.69. The number of aromatic hydroxyl groups is 1. The van der Waals surface area contributed by atoms with E-state index in [-0.39, 0.29) is 17.9 Å². The first-order valence-electron chi connectivity index (χ1n) is 10.3. The zero-order chi connectivity index (χ0) is 25.3. The maximum absolute atomic E-state index is 13.0. The van der Waals surface area contributed by atoms with Gasteiger partial charge in [-0.15, -0.1) is 0 Å². The quantitative estimate of drug-likeness (QED) is 0.169. The second-order valence-corrected chi connectivity index (χ2v) is 8.38. The average molecular weight is 485 g/mol. The number of nitrogens with two attached hydrogens (primary N) is 1. The maximum Gasteiger partial charge on any atom is 0.327 e. The van der Waals surface area contributed by atoms with Gasteiger partial charge in [0.25, 0.3) is 0 Å². The lowest BCUT2D eigenvalue weighted by atomic mass is 10.00. The minimum atomic E-state index is -1.28. The molecule has 0 aliphatic carbocycles. The third kappa shape index (κ3) is 8.91. The fourth-order valence-corrected chi connectivity index (χ4v) is 3.05. The van der Waals surface area contributed by atoms with E-state index in [1.807, 2.05) is 0 Å². The Kier molecular flexibility index (Phi) is 11.1. The first kappa shape index (κ1) is 28.2. The summed E-state index contributed by atoms with van der Waals surface area (Å²) in [5.41, 5.74) is 6.22. The number of carbonyl (C=O) groups is 4. The Morgan fingerprint density at radius 1 is 0.939 bits per heavy atom. The van der Waals surface area contributed by atoms with E-state index in [0.717, 1.165) is 0 Å². The average Bonchev–Trinajstić information content (AvgIpc) is 2.75. The Balaban J connectivity index is 3.10. The van der Waals surface area contributed by atoms with Crippen LogP contribution >= 0.6 is 12.6 Å². The molecule has 0 aromatic heterocycles. The van der Waals surface area contributed by atoms with Crippen molar-refractivity contribution in [3.63, 3.8) is 0 Å². The number of carboxylic acids is 1. The standard InChI is InChI=1S/C21H32N4O7S/c1-10(2)17(25-19(29)16(22)11(3)26)20(30)23-14(8-12-4-6-13(27)7-5-12)18(28)24-15(9-33)21(31)32/h4-7,10-11,14-17,26-27,33H,8-9,22H2,1-3H3,(H,23,30)(H,24,28)(H,25,29)(H,31,32). The van der Waals surface area contributed by atoms with Gasteiger partial charge in [0.1, 0.15) is 29.9 Å². The van der Waals surface area contributed by atoms with Crippen molar-refractivity contribution in [2.24, 2.45) is 11.7 Å². The second kappa shape index (κ2) is 13.0. The molecule has 0 fully saturated rings. The number of phenolic OH excluding ortho intramolecular Hbond substituents is 1. The van der Waals surface area contributed by atoms with Gasteiger partial charge in [-0.2, -0.15) is 12.6 Å². The molecule has 5 unspecified atom stereocenters. The summed E-state index contributed by atoms with van der Waals surface area (Å²) in [6, 6.07) is 1.15. The molecule has 0 radical (unpaired) electrons. The number of benzene rings is 1. The largest absolute Gasteiger partial charge is 0.508 e. The Hall–Kier alpha value is -2.83. The monoisotopic (exact) mass is 484 g/mol. The third-order valence-electron chi connectivity index (χ3n) is 4.88. The summed E-state index contributed by atoms with van der Waals surface area (Å²) in [5.74, 6) is -4.01. The van der Waals surface area contributed by atoms with E-state index in [2.05, 4.69) is 28.6 Å². The lowest BCUT2D eigenvalue weighted by Gasteiger charge is -2.27. The number of phenols is 1. The van der Waals surface area contributed by atoms with E-state index in [0.29, 0.717) is 5.56 Å². The van der Waals surface area contributed by atoms with Crippen LogP contribution in [-0.4, -0.2) is 75.0 Å². The molecule has 33 heavy (non-hydrogen) atoms. The zero-order valence-corrected chi connectivity index (χ0v) is 19.6. The molecule has 12 heteroatoms. The number of aliphatic hydroxyl groups excluding tert-OH is 1. The minimum absolute atomic E-state index is 0.0112. The number of carbonyl (C=O) groups excluding carboxylic acids is 3. The van der Waals surface area contributed by atoms with Gasteiger partial charge in [0.15, 0.2) is 0 Å². The van der Waals surface area contributed by atoms with Gasteiger partial charge in [-0.05, 0) is 30.5 Å². The van der Waals surface area contributed by atoms with Crippen LogP contribution in [0.3, 0.4) is 0 Å². The Labute approximate surface area is 197 Å². The number of hydrogen-bond acceptors (Lipinski definition) is 8. The van der Waals surface area contributed by atoms with Crippen LogP contribution in [0.1, 0.15) is 26.3 Å². The van der Waals surface area contributed by atoms with Gasteiger partial charge in [-0.1, -0.05) is 26.0 Å². The van der Waals surface area contributed by atoms with Crippen molar-refractivity contribution in [2.45, 2.75) is 57.5 Å². The summed E-state index contributed by atoms with van der Waals surface area (Å²) in [4.78, 5) is 49.3. The summed E-state index contributed by atoms with van der Waals surface area (Å²) in [6.07, 6.45) is -1.15. The van der Waals surface area contributed by atoms with Crippen molar-refractivity contribution in [1.82, 2.24) is 16.0 Å². The molecule has 0 saturated heterocycles. The molecule has 3 amide bonds. The van der Waals surface area contributed by atoms with Gasteiger partial charge in [0.2, 0.25) is 17.7 Å². The third-order valence-corrected chi connectivity index (χ3v) is 5.24. The molecule has 0 bridgehead atoms. The molecular formula is C21H32N4O7S. The summed E-state index contributed by atoms with van der Waals surface area (Å²) in [5, 5.41) is 35.6. The van der Waals surface area contributed by atoms with E-state index >= 15 is 0 Å². The van der Waals surface area contributed by atoms with Gasteiger partial charge in [-0.25, -0.2) is 4.79 Å². The highest BCUT2D eigenvalue weighted by Crippen LogP contribution is 2.12. The Bertz CT molecular complexity index is 832. The van der Waals surface area contributed by atoms with Crippen LogP contribution in [0.4, 0.5) is 0 Å². The van der Waals surface area contributed by atoms with Crippen LogP contribution < -0.4 is 21.7 Å². The SMILES string of the molecule is CC(C)C(NC(=O)C(N)C(C)O)C(=O)NC(Cc1ccc(O)cc1)C(=O)NC(CS)C(=O)O. The molecule has 0 aliphatic heterocycles. The molecule has 0 heterocycles. The fraction of sp³-hybridized carbons (Fsp3) is 0.524. The highest BCUT2D eigenvalue weighted by atomic mass is 32.1. The number of thiol groups is 1. The number of aliphatic carboxylic acids is 1. The van der Waals surface area contributed by atoms with Crippen molar-refractivity contribution < 1.29 is 34.5 Å². The number of carboxylic acid groups (broad SMARTS) is 1. The number of rotatable bonds is 12. The molecule has 8 N–H and O–H groups in total.